The molecule has 4 heteroatoms. The molecule has 1 aliphatic heterocycles. The van der Waals surface area contributed by atoms with E-state index < -0.39 is 0 Å². The van der Waals surface area contributed by atoms with Crippen LogP contribution in [0, 0.1) is 0 Å². The standard InChI is InChI=1S/C13H26N2OS/c1-11(2)17-10-7-14-12(3)13(16)15-8-5-4-6-9-15/h11-12,14H,4-10H2,1-3H3. The number of thioether (sulfide) groups is 1. The summed E-state index contributed by atoms with van der Waals surface area (Å²) in [5.74, 6) is 1.36. The molecule has 17 heavy (non-hydrogen) atoms. The van der Waals surface area contributed by atoms with Gasteiger partial charge in [-0.3, -0.25) is 4.79 Å². The zero-order valence-electron chi connectivity index (χ0n) is 11.4. The second-order valence-electron chi connectivity index (χ2n) is 4.98. The third-order valence-corrected chi connectivity index (χ3v) is 4.15. The van der Waals surface area contributed by atoms with E-state index in [-0.39, 0.29) is 11.9 Å². The van der Waals surface area contributed by atoms with Gasteiger partial charge in [0.15, 0.2) is 0 Å². The fourth-order valence-corrected chi connectivity index (χ4v) is 2.75. The molecule has 1 fully saturated rings. The third kappa shape index (κ3) is 5.77. The number of nitrogens with one attached hydrogen (secondary N) is 1. The van der Waals surface area contributed by atoms with Gasteiger partial charge < -0.3 is 10.2 Å². The number of likely N-dealkylation sites (tertiary alicyclic amines) is 1. The molecule has 0 aromatic carbocycles. The number of piperidine rings is 1. The van der Waals surface area contributed by atoms with Crippen molar-refractivity contribution in [2.75, 3.05) is 25.4 Å². The van der Waals surface area contributed by atoms with E-state index in [1.54, 1.807) is 0 Å². The minimum Gasteiger partial charge on any atom is -0.341 e. The van der Waals surface area contributed by atoms with Crippen LogP contribution in [0.15, 0.2) is 0 Å². The Morgan fingerprint density at radius 1 is 1.24 bits per heavy atom. The molecule has 0 bridgehead atoms. The maximum atomic E-state index is 12.1. The van der Waals surface area contributed by atoms with Crippen molar-refractivity contribution in [2.45, 2.75) is 51.3 Å². The van der Waals surface area contributed by atoms with Crippen molar-refractivity contribution < 1.29 is 4.79 Å². The Bertz CT molecular complexity index is 227. The summed E-state index contributed by atoms with van der Waals surface area (Å²) in [5, 5.41) is 3.99. The molecular formula is C13H26N2OS. The molecule has 0 aromatic rings. The van der Waals surface area contributed by atoms with Crippen LogP contribution in [-0.4, -0.2) is 47.5 Å². The summed E-state index contributed by atoms with van der Waals surface area (Å²) in [5.41, 5.74) is 0. The topological polar surface area (TPSA) is 32.3 Å². The van der Waals surface area contributed by atoms with E-state index in [0.717, 1.165) is 25.4 Å². The van der Waals surface area contributed by atoms with Gasteiger partial charge in [0, 0.05) is 25.4 Å². The largest absolute Gasteiger partial charge is 0.341 e. The Balaban J connectivity index is 2.17. The normalized spacial score (nSPS) is 18.5. The number of hydrogen-bond acceptors (Lipinski definition) is 3. The molecule has 1 N–H and O–H groups in total. The van der Waals surface area contributed by atoms with Gasteiger partial charge in [-0.05, 0) is 31.4 Å². The number of carbonyl (C=O) groups excluding carboxylic acids is 1. The van der Waals surface area contributed by atoms with Crippen LogP contribution in [0.1, 0.15) is 40.0 Å². The maximum absolute atomic E-state index is 12.1. The van der Waals surface area contributed by atoms with Crippen LogP contribution in [0.5, 0.6) is 0 Å². The molecule has 0 radical (unpaired) electrons. The SMILES string of the molecule is CC(C)SCCNC(C)C(=O)N1CCCCC1. The van der Waals surface area contributed by atoms with Gasteiger partial charge in [-0.15, -0.1) is 0 Å². The van der Waals surface area contributed by atoms with Crippen LogP contribution in [-0.2, 0) is 4.79 Å². The van der Waals surface area contributed by atoms with Crippen molar-refractivity contribution in [2.24, 2.45) is 0 Å². The summed E-state index contributed by atoms with van der Waals surface area (Å²) in [4.78, 5) is 14.1. The van der Waals surface area contributed by atoms with Crippen molar-refractivity contribution in [1.29, 1.82) is 0 Å². The second-order valence-corrected chi connectivity index (χ2v) is 6.67. The predicted molar refractivity (Wildman–Crippen MR) is 75.5 cm³/mol. The lowest BCUT2D eigenvalue weighted by molar-refractivity contribution is -0.133. The van der Waals surface area contributed by atoms with Gasteiger partial charge in [0.25, 0.3) is 0 Å². The monoisotopic (exact) mass is 258 g/mol. The molecule has 0 saturated carbocycles. The van der Waals surface area contributed by atoms with Crippen LogP contribution >= 0.6 is 11.8 Å². The number of nitrogens with zero attached hydrogens (tertiary/aromatic N) is 1. The molecular weight excluding hydrogens is 232 g/mol. The molecule has 0 aromatic heterocycles. The summed E-state index contributed by atoms with van der Waals surface area (Å²) >= 11 is 1.93. The van der Waals surface area contributed by atoms with E-state index in [0.29, 0.717) is 5.25 Å². The average Bonchev–Trinajstić information content (AvgIpc) is 2.34. The van der Waals surface area contributed by atoms with Crippen molar-refractivity contribution in [1.82, 2.24) is 10.2 Å². The molecule has 1 atom stereocenters. The first-order valence-electron chi connectivity index (χ1n) is 6.75. The highest BCUT2D eigenvalue weighted by molar-refractivity contribution is 7.99. The lowest BCUT2D eigenvalue weighted by Crippen LogP contribution is -2.47. The first-order valence-corrected chi connectivity index (χ1v) is 7.80. The second kappa shape index (κ2) is 7.98. The van der Waals surface area contributed by atoms with Crippen LogP contribution in [0.3, 0.4) is 0 Å². The molecule has 1 rings (SSSR count). The van der Waals surface area contributed by atoms with Crippen LogP contribution in [0.4, 0.5) is 0 Å². The first kappa shape index (κ1) is 14.8. The summed E-state index contributed by atoms with van der Waals surface area (Å²) in [6, 6.07) is -0.0270. The molecule has 1 amide bonds. The Hall–Kier alpha value is -0.220. The van der Waals surface area contributed by atoms with Gasteiger partial charge >= 0.3 is 0 Å². The van der Waals surface area contributed by atoms with Gasteiger partial charge in [0.2, 0.25) is 5.91 Å². The molecule has 1 heterocycles. The van der Waals surface area contributed by atoms with Crippen molar-refractivity contribution in [3.63, 3.8) is 0 Å². The number of amides is 1. The lowest BCUT2D eigenvalue weighted by atomic mass is 10.1. The highest BCUT2D eigenvalue weighted by Crippen LogP contribution is 2.10. The van der Waals surface area contributed by atoms with Gasteiger partial charge in [0.1, 0.15) is 0 Å². The van der Waals surface area contributed by atoms with Crippen LogP contribution < -0.4 is 5.32 Å². The molecule has 1 saturated heterocycles. The molecule has 3 nitrogen and oxygen atoms in total. The van der Waals surface area contributed by atoms with E-state index in [2.05, 4.69) is 19.2 Å². The van der Waals surface area contributed by atoms with Gasteiger partial charge in [-0.25, -0.2) is 0 Å². The van der Waals surface area contributed by atoms with Crippen LogP contribution in [0.2, 0.25) is 0 Å². The van der Waals surface area contributed by atoms with E-state index in [1.807, 2.05) is 23.6 Å². The van der Waals surface area contributed by atoms with Crippen molar-refractivity contribution >= 4 is 17.7 Å². The zero-order valence-corrected chi connectivity index (χ0v) is 12.2. The Morgan fingerprint density at radius 3 is 2.47 bits per heavy atom. The minimum absolute atomic E-state index is 0.0270. The minimum atomic E-state index is -0.0270. The Kier molecular flexibility index (Phi) is 6.97. The van der Waals surface area contributed by atoms with Gasteiger partial charge in [0.05, 0.1) is 6.04 Å². The summed E-state index contributed by atoms with van der Waals surface area (Å²) < 4.78 is 0. The highest BCUT2D eigenvalue weighted by Gasteiger charge is 2.21. The predicted octanol–water partition coefficient (Wildman–Crippen LogP) is 2.12. The van der Waals surface area contributed by atoms with Crippen LogP contribution in [0.25, 0.3) is 0 Å². The van der Waals surface area contributed by atoms with Crippen molar-refractivity contribution in [3.8, 4) is 0 Å². The fourth-order valence-electron chi connectivity index (χ4n) is 2.05. The van der Waals surface area contributed by atoms with E-state index >= 15 is 0 Å². The van der Waals surface area contributed by atoms with Gasteiger partial charge in [-0.2, -0.15) is 11.8 Å². The number of rotatable bonds is 6. The quantitative estimate of drug-likeness (QED) is 0.741. The maximum Gasteiger partial charge on any atom is 0.239 e. The fraction of sp³-hybridized carbons (Fsp3) is 0.923. The Labute approximate surface area is 110 Å². The number of carbonyl (C=O) groups is 1. The van der Waals surface area contributed by atoms with E-state index in [4.69, 9.17) is 0 Å². The lowest BCUT2D eigenvalue weighted by Gasteiger charge is -2.29. The Morgan fingerprint density at radius 2 is 1.88 bits per heavy atom. The number of hydrogen-bond donors (Lipinski definition) is 1. The smallest absolute Gasteiger partial charge is 0.239 e. The third-order valence-electron chi connectivity index (χ3n) is 3.04. The van der Waals surface area contributed by atoms with E-state index in [1.165, 1.54) is 19.3 Å². The summed E-state index contributed by atoms with van der Waals surface area (Å²) in [6.07, 6.45) is 3.61. The molecule has 1 unspecified atom stereocenters. The first-order chi connectivity index (χ1) is 8.11. The van der Waals surface area contributed by atoms with E-state index in [9.17, 15) is 4.79 Å². The highest BCUT2D eigenvalue weighted by atomic mass is 32.2. The van der Waals surface area contributed by atoms with Gasteiger partial charge in [-0.1, -0.05) is 13.8 Å². The summed E-state index contributed by atoms with van der Waals surface area (Å²) in [7, 11) is 0. The van der Waals surface area contributed by atoms with Crippen molar-refractivity contribution in [3.05, 3.63) is 0 Å². The zero-order chi connectivity index (χ0) is 12.7. The molecule has 0 spiro atoms. The average molecular weight is 258 g/mol. The molecule has 0 aliphatic carbocycles. The summed E-state index contributed by atoms with van der Waals surface area (Å²) in [6.45, 7) is 9.21. The molecule has 100 valence electrons. The molecule has 1 aliphatic rings.